The van der Waals surface area contributed by atoms with Gasteiger partial charge in [0.1, 0.15) is 0 Å². The first-order valence-corrected chi connectivity index (χ1v) is 7.74. The Morgan fingerprint density at radius 2 is 1.82 bits per heavy atom. The SMILES string of the molecule is C[C@H](c1ccccc1Br)c1c(C(=O)O)ncc2ccccc12. The minimum absolute atomic E-state index is 0.0831. The fourth-order valence-electron chi connectivity index (χ4n) is 2.78. The van der Waals surface area contributed by atoms with Crippen molar-refractivity contribution in [3.63, 3.8) is 0 Å². The van der Waals surface area contributed by atoms with Gasteiger partial charge in [0.05, 0.1) is 0 Å². The highest BCUT2D eigenvalue weighted by Gasteiger charge is 2.22. The molecule has 0 fully saturated rings. The number of fused-ring (bicyclic) bond motifs is 1. The van der Waals surface area contributed by atoms with Crippen LogP contribution in [0.3, 0.4) is 0 Å². The Morgan fingerprint density at radius 3 is 2.55 bits per heavy atom. The summed E-state index contributed by atoms with van der Waals surface area (Å²) in [5, 5.41) is 11.4. The molecule has 0 saturated carbocycles. The predicted molar refractivity (Wildman–Crippen MR) is 90.4 cm³/mol. The van der Waals surface area contributed by atoms with Crippen molar-refractivity contribution >= 4 is 32.7 Å². The largest absolute Gasteiger partial charge is 0.477 e. The Morgan fingerprint density at radius 1 is 1.14 bits per heavy atom. The van der Waals surface area contributed by atoms with Crippen LogP contribution in [0.4, 0.5) is 0 Å². The van der Waals surface area contributed by atoms with Crippen LogP contribution in [0.5, 0.6) is 0 Å². The van der Waals surface area contributed by atoms with Crippen LogP contribution < -0.4 is 0 Å². The fourth-order valence-corrected chi connectivity index (χ4v) is 3.40. The molecule has 0 saturated heterocycles. The molecule has 0 aliphatic heterocycles. The number of aromatic carboxylic acids is 1. The monoisotopic (exact) mass is 355 g/mol. The first-order valence-electron chi connectivity index (χ1n) is 6.95. The molecule has 1 aromatic heterocycles. The van der Waals surface area contributed by atoms with Crippen LogP contribution in [-0.4, -0.2) is 16.1 Å². The molecule has 0 aliphatic carbocycles. The normalized spacial score (nSPS) is 12.3. The minimum atomic E-state index is -1.00. The minimum Gasteiger partial charge on any atom is -0.477 e. The van der Waals surface area contributed by atoms with Gasteiger partial charge in [-0.05, 0) is 17.0 Å². The Bertz CT molecular complexity index is 861. The van der Waals surface area contributed by atoms with E-state index in [1.165, 1.54) is 0 Å². The molecule has 2 aromatic carbocycles. The van der Waals surface area contributed by atoms with Crippen molar-refractivity contribution in [1.82, 2.24) is 4.98 Å². The van der Waals surface area contributed by atoms with Crippen LogP contribution in [0, 0.1) is 0 Å². The lowest BCUT2D eigenvalue weighted by Crippen LogP contribution is -2.10. The van der Waals surface area contributed by atoms with E-state index in [-0.39, 0.29) is 11.6 Å². The molecule has 0 spiro atoms. The number of carbonyl (C=O) groups is 1. The summed E-state index contributed by atoms with van der Waals surface area (Å²) >= 11 is 3.55. The third-order valence-electron chi connectivity index (χ3n) is 3.85. The van der Waals surface area contributed by atoms with Gasteiger partial charge in [0.2, 0.25) is 0 Å². The molecule has 0 bridgehead atoms. The van der Waals surface area contributed by atoms with Crippen molar-refractivity contribution in [3.8, 4) is 0 Å². The maximum absolute atomic E-state index is 11.6. The van der Waals surface area contributed by atoms with Crippen molar-refractivity contribution < 1.29 is 9.90 Å². The summed E-state index contributed by atoms with van der Waals surface area (Å²) in [6, 6.07) is 15.6. The molecule has 4 heteroatoms. The van der Waals surface area contributed by atoms with Crippen LogP contribution in [0.2, 0.25) is 0 Å². The summed E-state index contributed by atoms with van der Waals surface area (Å²) in [4.78, 5) is 15.8. The van der Waals surface area contributed by atoms with Gasteiger partial charge in [-0.25, -0.2) is 9.78 Å². The average molecular weight is 356 g/mol. The highest BCUT2D eigenvalue weighted by molar-refractivity contribution is 9.10. The van der Waals surface area contributed by atoms with E-state index in [0.717, 1.165) is 26.4 Å². The second kappa shape index (κ2) is 5.89. The van der Waals surface area contributed by atoms with Gasteiger partial charge in [0.25, 0.3) is 0 Å². The summed E-state index contributed by atoms with van der Waals surface area (Å²) in [5.41, 5.74) is 1.91. The maximum atomic E-state index is 11.6. The maximum Gasteiger partial charge on any atom is 0.354 e. The molecule has 3 rings (SSSR count). The van der Waals surface area contributed by atoms with Gasteiger partial charge < -0.3 is 5.11 Å². The van der Waals surface area contributed by atoms with Crippen molar-refractivity contribution in [2.24, 2.45) is 0 Å². The zero-order valence-corrected chi connectivity index (χ0v) is 13.5. The molecule has 22 heavy (non-hydrogen) atoms. The average Bonchev–Trinajstić information content (AvgIpc) is 2.53. The number of aromatic nitrogens is 1. The Hall–Kier alpha value is -2.20. The van der Waals surface area contributed by atoms with E-state index < -0.39 is 5.97 Å². The number of benzene rings is 2. The Kier molecular flexibility index (Phi) is 3.94. The van der Waals surface area contributed by atoms with Crippen molar-refractivity contribution in [3.05, 3.63) is 76.0 Å². The third kappa shape index (κ3) is 2.50. The van der Waals surface area contributed by atoms with Crippen molar-refractivity contribution in [2.75, 3.05) is 0 Å². The molecule has 0 aliphatic rings. The fraction of sp³-hybridized carbons (Fsp3) is 0.111. The lowest BCUT2D eigenvalue weighted by atomic mass is 9.88. The van der Waals surface area contributed by atoms with E-state index in [2.05, 4.69) is 20.9 Å². The van der Waals surface area contributed by atoms with E-state index in [9.17, 15) is 9.90 Å². The zero-order chi connectivity index (χ0) is 15.7. The highest BCUT2D eigenvalue weighted by atomic mass is 79.9. The standard InChI is InChI=1S/C18H14BrNO2/c1-11(13-7-4-5-9-15(13)19)16-14-8-3-2-6-12(14)10-20-17(16)18(21)22/h2-11H,1H3,(H,21,22)/t11-/m1/s1. The first-order chi connectivity index (χ1) is 10.6. The van der Waals surface area contributed by atoms with Gasteiger partial charge >= 0.3 is 5.97 Å². The van der Waals surface area contributed by atoms with Crippen molar-refractivity contribution in [1.29, 1.82) is 0 Å². The van der Waals surface area contributed by atoms with Gasteiger partial charge in [-0.3, -0.25) is 0 Å². The zero-order valence-electron chi connectivity index (χ0n) is 12.0. The topological polar surface area (TPSA) is 50.2 Å². The quantitative estimate of drug-likeness (QED) is 0.730. The lowest BCUT2D eigenvalue weighted by Gasteiger charge is -2.18. The molecule has 110 valence electrons. The van der Waals surface area contributed by atoms with E-state index in [1.54, 1.807) is 6.20 Å². The number of pyridine rings is 1. The van der Waals surface area contributed by atoms with Gasteiger partial charge in [-0.15, -0.1) is 0 Å². The molecule has 1 N–H and O–H groups in total. The van der Waals surface area contributed by atoms with Gasteiger partial charge in [-0.1, -0.05) is 65.3 Å². The summed E-state index contributed by atoms with van der Waals surface area (Å²) in [6.07, 6.45) is 1.62. The predicted octanol–water partition coefficient (Wildman–Crippen LogP) is 4.85. The van der Waals surface area contributed by atoms with Gasteiger partial charge in [0.15, 0.2) is 5.69 Å². The summed E-state index contributed by atoms with van der Waals surface area (Å²) in [6.45, 7) is 2.01. The Balaban J connectivity index is 2.30. The molecule has 1 heterocycles. The van der Waals surface area contributed by atoms with Gasteiger partial charge in [-0.2, -0.15) is 0 Å². The summed E-state index contributed by atoms with van der Waals surface area (Å²) < 4.78 is 0.965. The highest BCUT2D eigenvalue weighted by Crippen LogP contribution is 2.35. The molecule has 0 amide bonds. The molecule has 0 radical (unpaired) electrons. The number of hydrogen-bond acceptors (Lipinski definition) is 2. The smallest absolute Gasteiger partial charge is 0.354 e. The summed E-state index contributed by atoms with van der Waals surface area (Å²) in [7, 11) is 0. The van der Waals surface area contributed by atoms with Crippen LogP contribution in [0.1, 0.15) is 34.5 Å². The number of carboxylic acids is 1. The van der Waals surface area contributed by atoms with Crippen molar-refractivity contribution in [2.45, 2.75) is 12.8 Å². The number of halogens is 1. The number of nitrogens with zero attached hydrogens (tertiary/aromatic N) is 1. The third-order valence-corrected chi connectivity index (χ3v) is 4.57. The first kappa shape index (κ1) is 14.7. The lowest BCUT2D eigenvalue weighted by molar-refractivity contribution is 0.0689. The number of carboxylic acid groups (broad SMARTS) is 1. The summed E-state index contributed by atoms with van der Waals surface area (Å²) in [5.74, 6) is -1.08. The molecule has 1 atom stereocenters. The molecule has 3 aromatic rings. The van der Waals surface area contributed by atoms with Crippen LogP contribution in [0.25, 0.3) is 10.8 Å². The number of hydrogen-bond donors (Lipinski definition) is 1. The second-order valence-electron chi connectivity index (χ2n) is 5.16. The van der Waals surface area contributed by atoms with E-state index >= 15 is 0 Å². The van der Waals surface area contributed by atoms with Crippen LogP contribution in [0.15, 0.2) is 59.2 Å². The van der Waals surface area contributed by atoms with Crippen LogP contribution in [-0.2, 0) is 0 Å². The van der Waals surface area contributed by atoms with E-state index in [1.807, 2.05) is 55.5 Å². The molecule has 3 nitrogen and oxygen atoms in total. The molecular formula is C18H14BrNO2. The second-order valence-corrected chi connectivity index (χ2v) is 6.01. The number of rotatable bonds is 3. The van der Waals surface area contributed by atoms with Crippen LogP contribution >= 0.6 is 15.9 Å². The van der Waals surface area contributed by atoms with E-state index in [0.29, 0.717) is 0 Å². The van der Waals surface area contributed by atoms with Gasteiger partial charge in [0, 0.05) is 27.5 Å². The molecular weight excluding hydrogens is 342 g/mol. The molecule has 0 unspecified atom stereocenters. The Labute approximate surface area is 136 Å². The van der Waals surface area contributed by atoms with E-state index in [4.69, 9.17) is 0 Å².